The smallest absolute Gasteiger partial charge is 0.128 e. The van der Waals surface area contributed by atoms with Crippen LogP contribution in [0.3, 0.4) is 0 Å². The van der Waals surface area contributed by atoms with E-state index in [1.807, 2.05) is 13.0 Å². The van der Waals surface area contributed by atoms with Gasteiger partial charge in [0.25, 0.3) is 0 Å². The lowest BCUT2D eigenvalue weighted by Crippen LogP contribution is -2.23. The molecule has 0 fully saturated rings. The van der Waals surface area contributed by atoms with Gasteiger partial charge in [-0.15, -0.1) is 0 Å². The van der Waals surface area contributed by atoms with Gasteiger partial charge in [-0.25, -0.2) is 4.39 Å². The van der Waals surface area contributed by atoms with E-state index in [0.29, 0.717) is 5.56 Å². The van der Waals surface area contributed by atoms with E-state index in [9.17, 15) is 4.39 Å². The van der Waals surface area contributed by atoms with Crippen LogP contribution < -0.4 is 5.32 Å². The van der Waals surface area contributed by atoms with E-state index >= 15 is 0 Å². The fourth-order valence-electron chi connectivity index (χ4n) is 2.26. The van der Waals surface area contributed by atoms with Gasteiger partial charge >= 0.3 is 0 Å². The number of nitrogens with one attached hydrogen (secondary N) is 1. The standard InChI is InChI=1S/C17H19BrFN/c1-11-4-6-14(7-5-11)12(2)20-13(3)16-10-15(18)8-9-17(16)19/h4-10,12-13,20H,1-3H3/t12-,13?/m0/s1. The van der Waals surface area contributed by atoms with Crippen molar-refractivity contribution in [3.63, 3.8) is 0 Å². The van der Waals surface area contributed by atoms with Crippen molar-refractivity contribution in [2.24, 2.45) is 0 Å². The summed E-state index contributed by atoms with van der Waals surface area (Å²) >= 11 is 3.39. The molecule has 0 radical (unpaired) electrons. The van der Waals surface area contributed by atoms with E-state index in [4.69, 9.17) is 0 Å². The monoisotopic (exact) mass is 335 g/mol. The van der Waals surface area contributed by atoms with E-state index in [2.05, 4.69) is 59.4 Å². The molecule has 0 saturated heterocycles. The Morgan fingerprint density at radius 2 is 1.65 bits per heavy atom. The molecule has 0 aliphatic carbocycles. The Balaban J connectivity index is 2.12. The highest BCUT2D eigenvalue weighted by atomic mass is 79.9. The van der Waals surface area contributed by atoms with Crippen molar-refractivity contribution in [2.45, 2.75) is 32.9 Å². The molecule has 0 aliphatic rings. The van der Waals surface area contributed by atoms with Crippen LogP contribution in [0.2, 0.25) is 0 Å². The van der Waals surface area contributed by atoms with E-state index in [1.165, 1.54) is 17.2 Å². The summed E-state index contributed by atoms with van der Waals surface area (Å²) in [5.74, 6) is -0.177. The van der Waals surface area contributed by atoms with Crippen LogP contribution in [0.15, 0.2) is 46.9 Å². The van der Waals surface area contributed by atoms with Gasteiger partial charge in [-0.3, -0.25) is 0 Å². The second-order valence-electron chi connectivity index (χ2n) is 5.19. The van der Waals surface area contributed by atoms with Crippen LogP contribution in [0.5, 0.6) is 0 Å². The van der Waals surface area contributed by atoms with E-state index in [1.54, 1.807) is 6.07 Å². The molecule has 20 heavy (non-hydrogen) atoms. The summed E-state index contributed by atoms with van der Waals surface area (Å²) in [4.78, 5) is 0. The van der Waals surface area contributed by atoms with Gasteiger partial charge in [-0.05, 0) is 44.5 Å². The van der Waals surface area contributed by atoms with Gasteiger partial charge in [-0.1, -0.05) is 45.8 Å². The molecular formula is C17H19BrFN. The average Bonchev–Trinajstić information content (AvgIpc) is 2.42. The fraction of sp³-hybridized carbons (Fsp3) is 0.294. The lowest BCUT2D eigenvalue weighted by molar-refractivity contribution is 0.473. The van der Waals surface area contributed by atoms with Gasteiger partial charge in [0.05, 0.1) is 0 Å². The molecule has 0 saturated carbocycles. The molecule has 0 amide bonds. The third-order valence-corrected chi connectivity index (χ3v) is 4.00. The zero-order valence-corrected chi connectivity index (χ0v) is 13.5. The second kappa shape index (κ2) is 6.51. The van der Waals surface area contributed by atoms with Crippen LogP contribution in [-0.2, 0) is 0 Å². The number of halogens is 2. The zero-order chi connectivity index (χ0) is 14.7. The summed E-state index contributed by atoms with van der Waals surface area (Å²) in [6.07, 6.45) is 0. The molecule has 2 aromatic carbocycles. The first-order valence-corrected chi connectivity index (χ1v) is 7.54. The summed E-state index contributed by atoms with van der Waals surface area (Å²) in [5.41, 5.74) is 3.13. The highest BCUT2D eigenvalue weighted by molar-refractivity contribution is 9.10. The lowest BCUT2D eigenvalue weighted by atomic mass is 10.0. The number of rotatable bonds is 4. The Morgan fingerprint density at radius 3 is 2.30 bits per heavy atom. The van der Waals surface area contributed by atoms with Crippen molar-refractivity contribution in [1.29, 1.82) is 0 Å². The number of aryl methyl sites for hydroxylation is 1. The van der Waals surface area contributed by atoms with Gasteiger partial charge in [0.15, 0.2) is 0 Å². The van der Waals surface area contributed by atoms with Crippen LogP contribution in [0.25, 0.3) is 0 Å². The molecule has 3 heteroatoms. The van der Waals surface area contributed by atoms with Gasteiger partial charge < -0.3 is 5.32 Å². The summed E-state index contributed by atoms with van der Waals surface area (Å²) in [7, 11) is 0. The summed E-state index contributed by atoms with van der Waals surface area (Å²) in [6.45, 7) is 6.15. The first-order chi connectivity index (χ1) is 9.47. The predicted octanol–water partition coefficient (Wildman–Crippen LogP) is 5.31. The number of hydrogen-bond acceptors (Lipinski definition) is 1. The Morgan fingerprint density at radius 1 is 1.00 bits per heavy atom. The van der Waals surface area contributed by atoms with E-state index in [0.717, 1.165) is 4.47 Å². The fourth-order valence-corrected chi connectivity index (χ4v) is 2.64. The second-order valence-corrected chi connectivity index (χ2v) is 6.10. The summed E-state index contributed by atoms with van der Waals surface area (Å²) < 4.78 is 14.8. The largest absolute Gasteiger partial charge is 0.304 e. The molecule has 0 spiro atoms. The van der Waals surface area contributed by atoms with Gasteiger partial charge in [-0.2, -0.15) is 0 Å². The molecule has 0 heterocycles. The Hall–Kier alpha value is -1.19. The molecule has 1 N–H and O–H groups in total. The van der Waals surface area contributed by atoms with Crippen molar-refractivity contribution >= 4 is 15.9 Å². The molecule has 2 aromatic rings. The van der Waals surface area contributed by atoms with Crippen LogP contribution in [0.4, 0.5) is 4.39 Å². The molecule has 0 bridgehead atoms. The van der Waals surface area contributed by atoms with Crippen LogP contribution in [-0.4, -0.2) is 0 Å². The third kappa shape index (κ3) is 3.68. The average molecular weight is 336 g/mol. The SMILES string of the molecule is Cc1ccc([C@H](C)NC(C)c2cc(Br)ccc2F)cc1. The molecule has 2 atom stereocenters. The maximum absolute atomic E-state index is 13.9. The van der Waals surface area contributed by atoms with Crippen molar-refractivity contribution in [2.75, 3.05) is 0 Å². The molecule has 2 rings (SSSR count). The maximum Gasteiger partial charge on any atom is 0.128 e. The minimum absolute atomic E-state index is 0.0520. The molecule has 106 valence electrons. The highest BCUT2D eigenvalue weighted by Crippen LogP contribution is 2.24. The third-order valence-electron chi connectivity index (χ3n) is 3.50. The van der Waals surface area contributed by atoms with Crippen molar-refractivity contribution in [3.8, 4) is 0 Å². The van der Waals surface area contributed by atoms with E-state index < -0.39 is 0 Å². The predicted molar refractivity (Wildman–Crippen MR) is 85.2 cm³/mol. The van der Waals surface area contributed by atoms with Gasteiger partial charge in [0.1, 0.15) is 5.82 Å². The van der Waals surface area contributed by atoms with Crippen LogP contribution in [0, 0.1) is 12.7 Å². The summed E-state index contributed by atoms with van der Waals surface area (Å²) in [6, 6.07) is 13.6. The molecule has 0 aromatic heterocycles. The molecule has 1 unspecified atom stereocenters. The zero-order valence-electron chi connectivity index (χ0n) is 12.0. The van der Waals surface area contributed by atoms with Gasteiger partial charge in [0.2, 0.25) is 0 Å². The number of hydrogen-bond donors (Lipinski definition) is 1. The molecule has 1 nitrogen and oxygen atoms in total. The molecular weight excluding hydrogens is 317 g/mol. The topological polar surface area (TPSA) is 12.0 Å². The van der Waals surface area contributed by atoms with Gasteiger partial charge in [0, 0.05) is 22.1 Å². The minimum Gasteiger partial charge on any atom is -0.304 e. The van der Waals surface area contributed by atoms with Crippen LogP contribution >= 0.6 is 15.9 Å². The lowest BCUT2D eigenvalue weighted by Gasteiger charge is -2.21. The van der Waals surface area contributed by atoms with E-state index in [-0.39, 0.29) is 17.9 Å². The Labute approximate surface area is 128 Å². The van der Waals surface area contributed by atoms with Crippen molar-refractivity contribution in [1.82, 2.24) is 5.32 Å². The van der Waals surface area contributed by atoms with Crippen LogP contribution in [0.1, 0.15) is 42.6 Å². The maximum atomic E-state index is 13.9. The Kier molecular flexibility index (Phi) is 4.95. The summed E-state index contributed by atoms with van der Waals surface area (Å²) in [5, 5.41) is 3.44. The first kappa shape index (κ1) is 15.2. The quantitative estimate of drug-likeness (QED) is 0.798. The van der Waals surface area contributed by atoms with Crippen molar-refractivity contribution < 1.29 is 4.39 Å². The minimum atomic E-state index is -0.177. The Bertz CT molecular complexity index is 580. The first-order valence-electron chi connectivity index (χ1n) is 6.75. The normalized spacial score (nSPS) is 14.1. The number of benzene rings is 2. The van der Waals surface area contributed by atoms with Crippen molar-refractivity contribution in [3.05, 3.63) is 69.4 Å². The molecule has 0 aliphatic heterocycles. The highest BCUT2D eigenvalue weighted by Gasteiger charge is 2.14.